The SMILES string of the molecule is COc1cccc(-c2nc(CC(=O)Nc3nncs3)cs2)c1. The maximum absolute atomic E-state index is 11.9. The quantitative estimate of drug-likeness (QED) is 0.777. The van der Waals surface area contributed by atoms with Gasteiger partial charge in [-0.05, 0) is 12.1 Å². The highest BCUT2D eigenvalue weighted by molar-refractivity contribution is 7.13. The van der Waals surface area contributed by atoms with Crippen LogP contribution in [-0.2, 0) is 11.2 Å². The average molecular weight is 332 g/mol. The van der Waals surface area contributed by atoms with Crippen molar-refractivity contribution in [2.24, 2.45) is 0 Å². The lowest BCUT2D eigenvalue weighted by Crippen LogP contribution is -2.14. The van der Waals surface area contributed by atoms with Crippen molar-refractivity contribution in [2.75, 3.05) is 12.4 Å². The first-order valence-electron chi connectivity index (χ1n) is 6.39. The van der Waals surface area contributed by atoms with E-state index in [4.69, 9.17) is 4.74 Å². The van der Waals surface area contributed by atoms with Gasteiger partial charge in [0, 0.05) is 10.9 Å². The van der Waals surface area contributed by atoms with E-state index in [0.717, 1.165) is 22.0 Å². The Balaban J connectivity index is 1.69. The molecule has 0 fully saturated rings. The van der Waals surface area contributed by atoms with Crippen LogP contribution in [0.3, 0.4) is 0 Å². The number of hydrogen-bond donors (Lipinski definition) is 1. The molecule has 0 aliphatic rings. The van der Waals surface area contributed by atoms with Crippen LogP contribution in [0.4, 0.5) is 5.13 Å². The maximum atomic E-state index is 11.9. The van der Waals surface area contributed by atoms with Gasteiger partial charge in [0.05, 0.1) is 19.2 Å². The molecule has 8 heteroatoms. The number of hydrogen-bond acceptors (Lipinski definition) is 7. The Morgan fingerprint density at radius 3 is 3.05 bits per heavy atom. The molecular formula is C14H12N4O2S2. The summed E-state index contributed by atoms with van der Waals surface area (Å²) >= 11 is 2.78. The number of ether oxygens (including phenoxy) is 1. The van der Waals surface area contributed by atoms with Gasteiger partial charge in [0.25, 0.3) is 0 Å². The molecule has 0 bridgehead atoms. The van der Waals surface area contributed by atoms with Crippen molar-refractivity contribution in [3.05, 3.63) is 40.8 Å². The minimum Gasteiger partial charge on any atom is -0.497 e. The van der Waals surface area contributed by atoms with Gasteiger partial charge < -0.3 is 10.1 Å². The lowest BCUT2D eigenvalue weighted by Gasteiger charge is -2.01. The Morgan fingerprint density at radius 2 is 2.27 bits per heavy atom. The number of thiazole rings is 1. The summed E-state index contributed by atoms with van der Waals surface area (Å²) in [5, 5.41) is 13.4. The van der Waals surface area contributed by atoms with Crippen molar-refractivity contribution in [1.82, 2.24) is 15.2 Å². The van der Waals surface area contributed by atoms with Gasteiger partial charge in [0.1, 0.15) is 16.3 Å². The van der Waals surface area contributed by atoms with Crippen LogP contribution in [0.5, 0.6) is 5.75 Å². The molecule has 3 rings (SSSR count). The number of nitrogens with one attached hydrogen (secondary N) is 1. The summed E-state index contributed by atoms with van der Waals surface area (Å²) in [6.07, 6.45) is 0.208. The molecule has 0 aliphatic carbocycles. The number of carbonyl (C=O) groups excluding carboxylic acids is 1. The molecule has 0 saturated carbocycles. The highest BCUT2D eigenvalue weighted by atomic mass is 32.1. The van der Waals surface area contributed by atoms with Crippen LogP contribution in [0.15, 0.2) is 35.2 Å². The molecule has 1 amide bonds. The Hall–Kier alpha value is -2.32. The molecule has 22 heavy (non-hydrogen) atoms. The number of aromatic nitrogens is 3. The first kappa shape index (κ1) is 14.6. The third-order valence-corrected chi connectivity index (χ3v) is 4.36. The van der Waals surface area contributed by atoms with Gasteiger partial charge in [-0.15, -0.1) is 21.5 Å². The van der Waals surface area contributed by atoms with Crippen molar-refractivity contribution >= 4 is 33.7 Å². The van der Waals surface area contributed by atoms with Crippen LogP contribution in [0.25, 0.3) is 10.6 Å². The van der Waals surface area contributed by atoms with E-state index in [2.05, 4.69) is 20.5 Å². The summed E-state index contributed by atoms with van der Waals surface area (Å²) in [5.74, 6) is 0.627. The highest BCUT2D eigenvalue weighted by Gasteiger charge is 2.11. The minimum absolute atomic E-state index is 0.153. The molecule has 112 valence electrons. The van der Waals surface area contributed by atoms with Crippen molar-refractivity contribution in [2.45, 2.75) is 6.42 Å². The van der Waals surface area contributed by atoms with Crippen molar-refractivity contribution in [3.63, 3.8) is 0 Å². The van der Waals surface area contributed by atoms with Crippen LogP contribution in [0.2, 0.25) is 0 Å². The van der Waals surface area contributed by atoms with E-state index in [1.165, 1.54) is 22.7 Å². The second-order valence-corrected chi connectivity index (χ2v) is 6.04. The zero-order valence-electron chi connectivity index (χ0n) is 11.6. The summed E-state index contributed by atoms with van der Waals surface area (Å²) in [4.78, 5) is 16.4. The Kier molecular flexibility index (Phi) is 4.40. The number of nitrogens with zero attached hydrogens (tertiary/aromatic N) is 3. The molecule has 0 aliphatic heterocycles. The number of amides is 1. The van der Waals surface area contributed by atoms with Gasteiger partial charge in [-0.1, -0.05) is 23.5 Å². The lowest BCUT2D eigenvalue weighted by atomic mass is 10.2. The molecule has 0 spiro atoms. The van der Waals surface area contributed by atoms with E-state index in [1.807, 2.05) is 29.6 Å². The molecule has 3 aromatic rings. The van der Waals surface area contributed by atoms with E-state index in [0.29, 0.717) is 5.13 Å². The van der Waals surface area contributed by atoms with Crippen LogP contribution in [0.1, 0.15) is 5.69 Å². The standard InChI is InChI=1S/C14H12N4O2S2/c1-20-11-4-2-3-9(5-11)13-16-10(7-21-13)6-12(19)17-14-18-15-8-22-14/h2-5,7-8H,6H2,1H3,(H,17,18,19). The summed E-state index contributed by atoms with van der Waals surface area (Å²) in [7, 11) is 1.63. The van der Waals surface area contributed by atoms with Gasteiger partial charge in [-0.2, -0.15) is 0 Å². The molecule has 6 nitrogen and oxygen atoms in total. The second-order valence-electron chi connectivity index (χ2n) is 4.34. The third kappa shape index (κ3) is 3.46. The number of anilines is 1. The summed E-state index contributed by atoms with van der Waals surface area (Å²) < 4.78 is 5.21. The number of methoxy groups -OCH3 is 1. The highest BCUT2D eigenvalue weighted by Crippen LogP contribution is 2.27. The van der Waals surface area contributed by atoms with E-state index < -0.39 is 0 Å². The van der Waals surface area contributed by atoms with Crippen LogP contribution >= 0.6 is 22.7 Å². The molecule has 2 heterocycles. The molecule has 0 unspecified atom stereocenters. The van der Waals surface area contributed by atoms with Gasteiger partial charge >= 0.3 is 0 Å². The van der Waals surface area contributed by atoms with Gasteiger partial charge in [0.2, 0.25) is 11.0 Å². The smallest absolute Gasteiger partial charge is 0.232 e. The number of benzene rings is 1. The summed E-state index contributed by atoms with van der Waals surface area (Å²) in [5.41, 5.74) is 3.27. The molecule has 2 aromatic heterocycles. The Morgan fingerprint density at radius 1 is 1.36 bits per heavy atom. The lowest BCUT2D eigenvalue weighted by molar-refractivity contribution is -0.115. The minimum atomic E-state index is -0.153. The topological polar surface area (TPSA) is 77.0 Å². The predicted octanol–water partition coefficient (Wildman–Crippen LogP) is 2.85. The number of carbonyl (C=O) groups is 1. The van der Waals surface area contributed by atoms with E-state index in [9.17, 15) is 4.79 Å². The summed E-state index contributed by atoms with van der Waals surface area (Å²) in [6.45, 7) is 0. The third-order valence-electron chi connectivity index (χ3n) is 2.82. The second kappa shape index (κ2) is 6.63. The average Bonchev–Trinajstić information content (AvgIpc) is 3.19. The fourth-order valence-corrected chi connectivity index (χ4v) is 3.11. The number of rotatable bonds is 5. The molecular weight excluding hydrogens is 320 g/mol. The van der Waals surface area contributed by atoms with Crippen LogP contribution in [-0.4, -0.2) is 28.2 Å². The molecule has 1 N–H and O–H groups in total. The van der Waals surface area contributed by atoms with Crippen molar-refractivity contribution < 1.29 is 9.53 Å². The van der Waals surface area contributed by atoms with Crippen molar-refractivity contribution in [1.29, 1.82) is 0 Å². The van der Waals surface area contributed by atoms with E-state index in [-0.39, 0.29) is 12.3 Å². The van der Waals surface area contributed by atoms with E-state index in [1.54, 1.807) is 12.6 Å². The fraction of sp³-hybridized carbons (Fsp3) is 0.143. The molecule has 0 radical (unpaired) electrons. The zero-order valence-corrected chi connectivity index (χ0v) is 13.3. The Labute approximate surface area is 134 Å². The largest absolute Gasteiger partial charge is 0.497 e. The first-order chi connectivity index (χ1) is 10.7. The van der Waals surface area contributed by atoms with Crippen LogP contribution < -0.4 is 10.1 Å². The van der Waals surface area contributed by atoms with Gasteiger partial charge in [-0.3, -0.25) is 4.79 Å². The zero-order chi connectivity index (χ0) is 15.4. The van der Waals surface area contributed by atoms with Crippen LogP contribution in [0, 0.1) is 0 Å². The fourth-order valence-electron chi connectivity index (χ4n) is 1.83. The molecule has 0 saturated heterocycles. The van der Waals surface area contributed by atoms with Gasteiger partial charge in [0.15, 0.2) is 0 Å². The van der Waals surface area contributed by atoms with E-state index >= 15 is 0 Å². The maximum Gasteiger partial charge on any atom is 0.232 e. The van der Waals surface area contributed by atoms with Crippen molar-refractivity contribution in [3.8, 4) is 16.3 Å². The summed E-state index contributed by atoms with van der Waals surface area (Å²) in [6, 6.07) is 7.68. The Bertz CT molecular complexity index is 771. The predicted molar refractivity (Wildman–Crippen MR) is 86.3 cm³/mol. The molecule has 1 aromatic carbocycles. The normalized spacial score (nSPS) is 10.4. The first-order valence-corrected chi connectivity index (χ1v) is 8.15. The monoisotopic (exact) mass is 332 g/mol. The molecule has 0 atom stereocenters. The van der Waals surface area contributed by atoms with Gasteiger partial charge in [-0.25, -0.2) is 4.98 Å².